The molecule has 4 nitrogen and oxygen atoms in total. The molecular weight excluding hydrogens is 391 g/mol. The normalized spacial score (nSPS) is 20.4. The molecule has 1 aromatic carbocycles. The summed E-state index contributed by atoms with van der Waals surface area (Å²) in [6.45, 7) is 9.45. The Kier molecular flexibility index (Phi) is 8.01. The van der Waals surface area contributed by atoms with Gasteiger partial charge in [-0.25, -0.2) is 4.39 Å². The van der Waals surface area contributed by atoms with Gasteiger partial charge in [0.05, 0.1) is 13.7 Å². The molecule has 0 unspecified atom stereocenters. The van der Waals surface area contributed by atoms with E-state index in [2.05, 4.69) is 25.7 Å². The summed E-state index contributed by atoms with van der Waals surface area (Å²) in [5.41, 5.74) is -0.256. The van der Waals surface area contributed by atoms with E-state index in [0.29, 0.717) is 18.3 Å². The Hall–Kier alpha value is -1.62. The third kappa shape index (κ3) is 6.93. The van der Waals surface area contributed by atoms with E-state index >= 15 is 4.39 Å². The summed E-state index contributed by atoms with van der Waals surface area (Å²) >= 11 is 0. The number of ether oxygens (including phenoxy) is 1. The van der Waals surface area contributed by atoms with E-state index < -0.39 is 5.67 Å². The van der Waals surface area contributed by atoms with Crippen LogP contribution in [0, 0.1) is 11.3 Å². The van der Waals surface area contributed by atoms with Crippen molar-refractivity contribution >= 4 is 11.6 Å². The number of rotatable bonds is 7. The predicted molar refractivity (Wildman–Crippen MR) is 126 cm³/mol. The van der Waals surface area contributed by atoms with E-state index in [4.69, 9.17) is 4.74 Å². The number of hydrogen-bond acceptors (Lipinski definition) is 3. The number of nitrogens with zero attached hydrogens (tertiary/aromatic N) is 2. The fourth-order valence-electron chi connectivity index (χ4n) is 4.74. The molecule has 0 radical (unpaired) electrons. The molecule has 0 spiro atoms. The zero-order valence-electron chi connectivity index (χ0n) is 20.0. The molecule has 1 amide bonds. The minimum atomic E-state index is -1.33. The fourth-order valence-corrected chi connectivity index (χ4v) is 4.74. The molecule has 2 aliphatic rings. The number of methoxy groups -OCH3 is 1. The molecule has 31 heavy (non-hydrogen) atoms. The quantitative estimate of drug-likeness (QED) is 0.542. The molecule has 2 fully saturated rings. The molecule has 174 valence electrons. The maximum Gasteiger partial charge on any atom is 0.230 e. The number of anilines is 1. The van der Waals surface area contributed by atoms with E-state index in [0.717, 1.165) is 63.2 Å². The number of halogens is 1. The third-order valence-electron chi connectivity index (χ3n) is 6.98. The Morgan fingerprint density at radius 2 is 1.74 bits per heavy atom. The topological polar surface area (TPSA) is 32.8 Å². The molecule has 1 aliphatic carbocycles. The molecule has 1 aromatic rings. The number of carbonyl (C=O) groups excluding carboxylic acids is 1. The summed E-state index contributed by atoms with van der Waals surface area (Å²) in [6.07, 6.45) is 7.32. The number of piperidine rings is 1. The molecule has 1 saturated heterocycles. The Bertz CT molecular complexity index is 699. The van der Waals surface area contributed by atoms with Gasteiger partial charge < -0.3 is 14.5 Å². The summed E-state index contributed by atoms with van der Waals surface area (Å²) in [4.78, 5) is 17.6. The number of hydrogen-bond donors (Lipinski definition) is 0. The van der Waals surface area contributed by atoms with Crippen molar-refractivity contribution in [2.24, 2.45) is 11.3 Å². The first-order valence-electron chi connectivity index (χ1n) is 12.1. The third-order valence-corrected chi connectivity index (χ3v) is 6.98. The van der Waals surface area contributed by atoms with Gasteiger partial charge in [-0.2, -0.15) is 0 Å². The van der Waals surface area contributed by atoms with Crippen molar-refractivity contribution in [1.82, 2.24) is 4.90 Å². The highest BCUT2D eigenvalue weighted by atomic mass is 19.1. The number of benzene rings is 1. The zero-order valence-corrected chi connectivity index (χ0v) is 20.0. The van der Waals surface area contributed by atoms with E-state index in [-0.39, 0.29) is 18.4 Å². The van der Waals surface area contributed by atoms with Crippen LogP contribution < -0.4 is 9.64 Å². The van der Waals surface area contributed by atoms with E-state index in [1.165, 1.54) is 6.42 Å². The molecule has 1 heterocycles. The van der Waals surface area contributed by atoms with Crippen molar-refractivity contribution in [1.29, 1.82) is 0 Å². The highest BCUT2D eigenvalue weighted by Gasteiger charge is 2.39. The standard InChI is InChI=1S/C26H41FN2O2/c1-25(2,3)14-17-28-18-15-26(27,16-19-28)20-29(22-10-12-23(31-4)13-11-22)24(30)21-8-6-5-7-9-21/h10-13,21H,5-9,14-20H2,1-4H3. The van der Waals surface area contributed by atoms with Crippen LogP contribution >= 0.6 is 0 Å². The maximum absolute atomic E-state index is 16.0. The van der Waals surface area contributed by atoms with Gasteiger partial charge in [0.25, 0.3) is 0 Å². The average molecular weight is 433 g/mol. The van der Waals surface area contributed by atoms with Gasteiger partial charge in [-0.3, -0.25) is 4.79 Å². The SMILES string of the molecule is COc1ccc(N(CC2(F)CCN(CCC(C)(C)C)CC2)C(=O)C2CCCCC2)cc1. The second kappa shape index (κ2) is 10.3. The lowest BCUT2D eigenvalue weighted by Gasteiger charge is -2.40. The minimum absolute atomic E-state index is 0.0197. The van der Waals surface area contributed by atoms with Crippen LogP contribution in [0.15, 0.2) is 24.3 Å². The Balaban J connectivity index is 1.69. The van der Waals surface area contributed by atoms with Gasteiger partial charge in [0, 0.05) is 24.7 Å². The van der Waals surface area contributed by atoms with Crippen molar-refractivity contribution < 1.29 is 13.9 Å². The summed E-state index contributed by atoms with van der Waals surface area (Å²) in [5, 5.41) is 0. The van der Waals surface area contributed by atoms with Gasteiger partial charge >= 0.3 is 0 Å². The van der Waals surface area contributed by atoms with Crippen molar-refractivity contribution in [3.05, 3.63) is 24.3 Å². The number of likely N-dealkylation sites (tertiary alicyclic amines) is 1. The summed E-state index contributed by atoms with van der Waals surface area (Å²) in [5.74, 6) is 0.860. The van der Waals surface area contributed by atoms with Gasteiger partial charge in [0.1, 0.15) is 11.4 Å². The van der Waals surface area contributed by atoms with Crippen molar-refractivity contribution in [2.45, 2.75) is 77.8 Å². The zero-order chi connectivity index (χ0) is 22.5. The largest absolute Gasteiger partial charge is 0.497 e. The van der Waals surface area contributed by atoms with E-state index in [1.807, 2.05) is 24.3 Å². The van der Waals surface area contributed by atoms with Crippen LogP contribution in [0.5, 0.6) is 5.75 Å². The van der Waals surface area contributed by atoms with Crippen LogP contribution in [0.25, 0.3) is 0 Å². The van der Waals surface area contributed by atoms with E-state index in [9.17, 15) is 4.79 Å². The highest BCUT2D eigenvalue weighted by Crippen LogP contribution is 2.34. The maximum atomic E-state index is 16.0. The van der Waals surface area contributed by atoms with Crippen LogP contribution in [-0.2, 0) is 4.79 Å². The lowest BCUT2D eigenvalue weighted by Crippen LogP contribution is -2.51. The molecule has 5 heteroatoms. The summed E-state index contributed by atoms with van der Waals surface area (Å²) < 4.78 is 21.3. The Morgan fingerprint density at radius 1 is 1.13 bits per heavy atom. The molecule has 0 N–H and O–H groups in total. The van der Waals surface area contributed by atoms with E-state index in [1.54, 1.807) is 12.0 Å². The van der Waals surface area contributed by atoms with Crippen LogP contribution in [0.4, 0.5) is 10.1 Å². The lowest BCUT2D eigenvalue weighted by atomic mass is 9.86. The van der Waals surface area contributed by atoms with Gasteiger partial charge in [-0.05, 0) is 68.3 Å². The average Bonchev–Trinajstić information content (AvgIpc) is 2.77. The highest BCUT2D eigenvalue weighted by molar-refractivity contribution is 5.95. The fraction of sp³-hybridized carbons (Fsp3) is 0.731. The first-order valence-corrected chi connectivity index (χ1v) is 12.1. The molecule has 1 saturated carbocycles. The number of alkyl halides is 1. The Morgan fingerprint density at radius 3 is 2.29 bits per heavy atom. The van der Waals surface area contributed by atoms with Gasteiger partial charge in [-0.15, -0.1) is 0 Å². The lowest BCUT2D eigenvalue weighted by molar-refractivity contribution is -0.124. The van der Waals surface area contributed by atoms with Crippen LogP contribution in [0.1, 0.15) is 72.1 Å². The molecular formula is C26H41FN2O2. The van der Waals surface area contributed by atoms with Gasteiger partial charge in [0.2, 0.25) is 5.91 Å². The van der Waals surface area contributed by atoms with Crippen LogP contribution in [0.2, 0.25) is 0 Å². The molecule has 0 bridgehead atoms. The second-order valence-electron chi connectivity index (χ2n) is 10.8. The van der Waals surface area contributed by atoms with Crippen LogP contribution in [-0.4, -0.2) is 49.8 Å². The van der Waals surface area contributed by atoms with Crippen LogP contribution in [0.3, 0.4) is 0 Å². The summed E-state index contributed by atoms with van der Waals surface area (Å²) in [7, 11) is 1.63. The number of amides is 1. The first kappa shape index (κ1) is 24.0. The van der Waals surface area contributed by atoms with Crippen molar-refractivity contribution in [3.8, 4) is 5.75 Å². The summed E-state index contributed by atoms with van der Waals surface area (Å²) in [6, 6.07) is 7.50. The smallest absolute Gasteiger partial charge is 0.230 e. The minimum Gasteiger partial charge on any atom is -0.497 e. The van der Waals surface area contributed by atoms with Crippen molar-refractivity contribution in [2.75, 3.05) is 38.2 Å². The first-order chi connectivity index (χ1) is 14.7. The molecule has 0 atom stereocenters. The van der Waals surface area contributed by atoms with Gasteiger partial charge in [0.15, 0.2) is 0 Å². The van der Waals surface area contributed by atoms with Crippen molar-refractivity contribution in [3.63, 3.8) is 0 Å². The molecule has 1 aliphatic heterocycles. The monoisotopic (exact) mass is 432 g/mol. The second-order valence-corrected chi connectivity index (χ2v) is 10.8. The Labute approximate surface area is 188 Å². The molecule has 3 rings (SSSR count). The predicted octanol–water partition coefficient (Wildman–Crippen LogP) is 5.85. The number of carbonyl (C=O) groups is 1. The molecule has 0 aromatic heterocycles. The van der Waals surface area contributed by atoms with Gasteiger partial charge in [-0.1, -0.05) is 40.0 Å².